The monoisotopic (exact) mass is 398 g/mol. The van der Waals surface area contributed by atoms with Crippen LogP contribution in [0.5, 0.6) is 5.75 Å². The molecule has 0 saturated heterocycles. The van der Waals surface area contributed by atoms with E-state index in [2.05, 4.69) is 10.9 Å². The quantitative estimate of drug-likeness (QED) is 0.729. The van der Waals surface area contributed by atoms with E-state index in [1.54, 1.807) is 18.2 Å². The number of hydrazine groups is 1. The summed E-state index contributed by atoms with van der Waals surface area (Å²) in [6.45, 7) is 1.51. The van der Waals surface area contributed by atoms with E-state index in [1.807, 2.05) is 0 Å². The zero-order valence-electron chi connectivity index (χ0n) is 13.9. The van der Waals surface area contributed by atoms with Gasteiger partial charge in [0.2, 0.25) is 5.91 Å². The Morgan fingerprint density at radius 1 is 1.12 bits per heavy atom. The lowest BCUT2D eigenvalue weighted by Gasteiger charge is -2.15. The fourth-order valence-electron chi connectivity index (χ4n) is 2.04. The van der Waals surface area contributed by atoms with Crippen LogP contribution in [0, 0.1) is 5.82 Å². The number of amides is 2. The molecule has 2 aromatic rings. The summed E-state index contributed by atoms with van der Waals surface area (Å²) in [7, 11) is 0. The molecule has 0 bridgehead atoms. The van der Waals surface area contributed by atoms with Gasteiger partial charge in [-0.15, -0.1) is 0 Å². The van der Waals surface area contributed by atoms with Crippen LogP contribution in [0.25, 0.3) is 0 Å². The van der Waals surface area contributed by atoms with Crippen molar-refractivity contribution in [3.63, 3.8) is 0 Å². The lowest BCUT2D eigenvalue weighted by Crippen LogP contribution is -2.47. The highest BCUT2D eigenvalue weighted by molar-refractivity contribution is 6.35. The third-order valence-corrected chi connectivity index (χ3v) is 4.04. The van der Waals surface area contributed by atoms with Crippen LogP contribution in [-0.4, -0.2) is 17.9 Å². The standard InChI is InChI=1S/C18H17Cl2FN2O3/c1-11(26-15-7-5-14(21)6-8-15)18(25)23-22-17(24)9-3-12-2-4-13(19)10-16(12)20/h2,4-8,10-11H,3,9H2,1H3,(H,22,24)(H,23,25). The first-order valence-corrected chi connectivity index (χ1v) is 8.55. The Labute approximate surface area is 160 Å². The second-order valence-electron chi connectivity index (χ2n) is 5.49. The molecular formula is C18H17Cl2FN2O3. The number of halogens is 3. The van der Waals surface area contributed by atoms with Gasteiger partial charge in [0.05, 0.1) is 0 Å². The Kier molecular flexibility index (Phi) is 7.24. The normalized spacial score (nSPS) is 11.5. The SMILES string of the molecule is CC(Oc1ccc(F)cc1)C(=O)NNC(=O)CCc1ccc(Cl)cc1Cl. The van der Waals surface area contributed by atoms with E-state index >= 15 is 0 Å². The van der Waals surface area contributed by atoms with E-state index in [-0.39, 0.29) is 12.3 Å². The molecule has 0 spiro atoms. The molecule has 2 N–H and O–H groups in total. The number of nitrogens with one attached hydrogen (secondary N) is 2. The Morgan fingerprint density at radius 2 is 1.81 bits per heavy atom. The summed E-state index contributed by atoms with van der Waals surface area (Å²) in [6.07, 6.45) is -0.333. The van der Waals surface area contributed by atoms with Crippen molar-refractivity contribution < 1.29 is 18.7 Å². The molecule has 2 aromatic carbocycles. The summed E-state index contributed by atoms with van der Waals surface area (Å²) >= 11 is 11.9. The maximum atomic E-state index is 12.8. The summed E-state index contributed by atoms with van der Waals surface area (Å²) in [4.78, 5) is 23.8. The average molecular weight is 399 g/mol. The first-order valence-electron chi connectivity index (χ1n) is 7.80. The number of carbonyl (C=O) groups is 2. The molecule has 0 heterocycles. The second-order valence-corrected chi connectivity index (χ2v) is 6.33. The molecule has 0 radical (unpaired) electrons. The predicted molar refractivity (Wildman–Crippen MR) is 97.6 cm³/mol. The molecule has 2 amide bonds. The van der Waals surface area contributed by atoms with Gasteiger partial charge in [-0.25, -0.2) is 4.39 Å². The maximum absolute atomic E-state index is 12.8. The van der Waals surface area contributed by atoms with Crippen molar-refractivity contribution in [3.05, 3.63) is 63.9 Å². The van der Waals surface area contributed by atoms with Crippen molar-refractivity contribution >= 4 is 35.0 Å². The van der Waals surface area contributed by atoms with Crippen molar-refractivity contribution in [1.29, 1.82) is 0 Å². The van der Waals surface area contributed by atoms with E-state index in [9.17, 15) is 14.0 Å². The van der Waals surface area contributed by atoms with Crippen molar-refractivity contribution in [2.75, 3.05) is 0 Å². The molecule has 8 heteroatoms. The molecular weight excluding hydrogens is 382 g/mol. The van der Waals surface area contributed by atoms with Gasteiger partial charge in [-0.3, -0.25) is 20.4 Å². The third-order valence-electron chi connectivity index (χ3n) is 3.46. The van der Waals surface area contributed by atoms with Gasteiger partial charge in [-0.2, -0.15) is 0 Å². The van der Waals surface area contributed by atoms with Gasteiger partial charge in [0, 0.05) is 16.5 Å². The van der Waals surface area contributed by atoms with Gasteiger partial charge in [0.15, 0.2) is 6.10 Å². The minimum atomic E-state index is -0.869. The first-order chi connectivity index (χ1) is 12.3. The molecule has 2 rings (SSSR count). The Morgan fingerprint density at radius 3 is 2.46 bits per heavy atom. The smallest absolute Gasteiger partial charge is 0.279 e. The van der Waals surface area contributed by atoms with E-state index in [0.29, 0.717) is 22.2 Å². The highest BCUT2D eigenvalue weighted by atomic mass is 35.5. The average Bonchev–Trinajstić information content (AvgIpc) is 2.60. The zero-order valence-corrected chi connectivity index (χ0v) is 15.4. The van der Waals surface area contributed by atoms with Crippen molar-refractivity contribution in [3.8, 4) is 5.75 Å². The molecule has 1 atom stereocenters. The molecule has 1 unspecified atom stereocenters. The molecule has 5 nitrogen and oxygen atoms in total. The van der Waals surface area contributed by atoms with Crippen LogP contribution in [0.1, 0.15) is 18.9 Å². The van der Waals surface area contributed by atoms with Gasteiger partial charge >= 0.3 is 0 Å². The molecule has 0 aromatic heterocycles. The highest BCUT2D eigenvalue weighted by Crippen LogP contribution is 2.22. The molecule has 0 aliphatic rings. The first kappa shape index (κ1) is 20.0. The van der Waals surface area contributed by atoms with E-state index in [0.717, 1.165) is 5.56 Å². The van der Waals surface area contributed by atoms with Crippen LogP contribution < -0.4 is 15.6 Å². The molecule has 0 aliphatic heterocycles. The third kappa shape index (κ3) is 6.20. The number of rotatable bonds is 6. The molecule has 0 fully saturated rings. The number of hydrogen-bond acceptors (Lipinski definition) is 3. The Hall–Kier alpha value is -2.31. The zero-order chi connectivity index (χ0) is 19.1. The van der Waals surface area contributed by atoms with Crippen molar-refractivity contribution in [1.82, 2.24) is 10.9 Å². The second kappa shape index (κ2) is 9.40. The van der Waals surface area contributed by atoms with Crippen molar-refractivity contribution in [2.45, 2.75) is 25.9 Å². The van der Waals surface area contributed by atoms with Crippen LogP contribution in [-0.2, 0) is 16.0 Å². The van der Waals surface area contributed by atoms with E-state index in [1.165, 1.54) is 31.2 Å². The van der Waals surface area contributed by atoms with Gasteiger partial charge < -0.3 is 4.74 Å². The molecule has 138 valence electrons. The minimum absolute atomic E-state index is 0.134. The van der Waals surface area contributed by atoms with Crippen LogP contribution in [0.15, 0.2) is 42.5 Å². The van der Waals surface area contributed by atoms with Crippen LogP contribution in [0.4, 0.5) is 4.39 Å². The number of hydrogen-bond donors (Lipinski definition) is 2. The topological polar surface area (TPSA) is 67.4 Å². The van der Waals surface area contributed by atoms with Crippen molar-refractivity contribution in [2.24, 2.45) is 0 Å². The molecule has 26 heavy (non-hydrogen) atoms. The lowest BCUT2D eigenvalue weighted by molar-refractivity contribution is -0.132. The van der Waals surface area contributed by atoms with E-state index < -0.39 is 17.8 Å². The maximum Gasteiger partial charge on any atom is 0.279 e. The van der Waals surface area contributed by atoms with Gasteiger partial charge in [0.25, 0.3) is 5.91 Å². The number of benzene rings is 2. The number of carbonyl (C=O) groups excluding carboxylic acids is 2. The Bertz CT molecular complexity index is 785. The van der Waals surface area contributed by atoms with Gasteiger partial charge in [0.1, 0.15) is 11.6 Å². The number of aryl methyl sites for hydroxylation is 1. The summed E-state index contributed by atoms with van der Waals surface area (Å²) in [5, 5.41) is 1.00. The van der Waals surface area contributed by atoms with Gasteiger partial charge in [-0.05, 0) is 55.3 Å². The highest BCUT2D eigenvalue weighted by Gasteiger charge is 2.15. The van der Waals surface area contributed by atoms with Crippen LogP contribution >= 0.6 is 23.2 Å². The largest absolute Gasteiger partial charge is 0.481 e. The molecule has 0 saturated carbocycles. The minimum Gasteiger partial charge on any atom is -0.481 e. The summed E-state index contributed by atoms with van der Waals surface area (Å²) < 4.78 is 18.2. The Balaban J connectivity index is 1.75. The molecule has 0 aliphatic carbocycles. The van der Waals surface area contributed by atoms with Crippen LogP contribution in [0.3, 0.4) is 0 Å². The fourth-order valence-corrected chi connectivity index (χ4v) is 2.54. The summed E-state index contributed by atoms with van der Waals surface area (Å²) in [6, 6.07) is 10.3. The summed E-state index contributed by atoms with van der Waals surface area (Å²) in [5.74, 6) is -0.967. The fraction of sp³-hybridized carbons (Fsp3) is 0.222. The number of ether oxygens (including phenoxy) is 1. The van der Waals surface area contributed by atoms with Gasteiger partial charge in [-0.1, -0.05) is 29.3 Å². The lowest BCUT2D eigenvalue weighted by atomic mass is 10.1. The van der Waals surface area contributed by atoms with Crippen LogP contribution in [0.2, 0.25) is 10.0 Å². The van der Waals surface area contributed by atoms with E-state index in [4.69, 9.17) is 27.9 Å². The summed E-state index contributed by atoms with van der Waals surface area (Å²) in [5.41, 5.74) is 5.38. The predicted octanol–water partition coefficient (Wildman–Crippen LogP) is 3.68.